The van der Waals surface area contributed by atoms with Gasteiger partial charge in [0.05, 0.1) is 30.9 Å². The van der Waals surface area contributed by atoms with Gasteiger partial charge in [-0.3, -0.25) is 0 Å². The average Bonchev–Trinajstić information content (AvgIpc) is 2.77. The van der Waals surface area contributed by atoms with E-state index >= 15 is 0 Å². The zero-order valence-corrected chi connectivity index (χ0v) is 17.4. The van der Waals surface area contributed by atoms with E-state index in [1.54, 1.807) is 48.5 Å². The number of ether oxygens (including phenoxy) is 3. The number of carbonyl (C=O) groups excluding carboxylic acids is 1. The first kappa shape index (κ1) is 21.9. The molecule has 0 N–H and O–H groups in total. The van der Waals surface area contributed by atoms with Gasteiger partial charge in [-0.2, -0.15) is 5.26 Å². The lowest BCUT2D eigenvalue weighted by molar-refractivity contribution is 0.0730. The van der Waals surface area contributed by atoms with Gasteiger partial charge in [0.1, 0.15) is 17.1 Å². The van der Waals surface area contributed by atoms with Crippen LogP contribution in [0.2, 0.25) is 5.02 Å². The molecule has 0 amide bonds. The van der Waals surface area contributed by atoms with Gasteiger partial charge in [0.25, 0.3) is 0 Å². The molecule has 0 saturated heterocycles. The number of esters is 1. The Hall–Kier alpha value is -3.82. The normalized spacial score (nSPS) is 10.9. The molecule has 0 radical (unpaired) electrons. The minimum absolute atomic E-state index is 0.0405. The molecule has 5 nitrogen and oxygen atoms in total. The van der Waals surface area contributed by atoms with Crippen molar-refractivity contribution in [2.75, 3.05) is 14.2 Å². The van der Waals surface area contributed by atoms with E-state index in [1.165, 1.54) is 26.4 Å². The van der Waals surface area contributed by atoms with E-state index in [0.717, 1.165) is 6.07 Å². The summed E-state index contributed by atoms with van der Waals surface area (Å²) in [6, 6.07) is 17.7. The summed E-state index contributed by atoms with van der Waals surface area (Å²) in [6.07, 6.45) is 1.63. The second-order valence-corrected chi connectivity index (χ2v) is 6.71. The highest BCUT2D eigenvalue weighted by molar-refractivity contribution is 6.33. The molecule has 0 atom stereocenters. The highest BCUT2D eigenvalue weighted by Crippen LogP contribution is 2.31. The van der Waals surface area contributed by atoms with Gasteiger partial charge < -0.3 is 14.2 Å². The fourth-order valence-corrected chi connectivity index (χ4v) is 3.11. The molecule has 0 aliphatic rings. The molecule has 0 unspecified atom stereocenters. The van der Waals surface area contributed by atoms with Crippen molar-refractivity contribution < 1.29 is 23.4 Å². The third-order valence-electron chi connectivity index (χ3n) is 4.36. The van der Waals surface area contributed by atoms with Crippen LogP contribution in [0.4, 0.5) is 4.39 Å². The first-order chi connectivity index (χ1) is 15.0. The van der Waals surface area contributed by atoms with Crippen LogP contribution >= 0.6 is 11.6 Å². The number of benzene rings is 3. The first-order valence-corrected chi connectivity index (χ1v) is 9.45. The Labute approximate surface area is 183 Å². The molecule has 0 bridgehead atoms. The summed E-state index contributed by atoms with van der Waals surface area (Å²) in [5, 5.41) is 9.58. The van der Waals surface area contributed by atoms with Crippen molar-refractivity contribution in [3.05, 3.63) is 88.2 Å². The number of hydrogen-bond acceptors (Lipinski definition) is 5. The SMILES string of the molecule is COc1ccc(/C(C#N)=C\c2cccc(OC(=O)c3c(F)cccc3Cl)c2)cc1OC. The molecule has 7 heteroatoms. The van der Waals surface area contributed by atoms with Crippen LogP contribution in [-0.2, 0) is 0 Å². The van der Waals surface area contributed by atoms with Crippen LogP contribution in [0.1, 0.15) is 21.5 Å². The number of nitrogens with zero attached hydrogens (tertiary/aromatic N) is 1. The smallest absolute Gasteiger partial charge is 0.348 e. The number of methoxy groups -OCH3 is 2. The van der Waals surface area contributed by atoms with Gasteiger partial charge in [-0.05, 0) is 59.7 Å². The number of nitriles is 1. The maximum atomic E-state index is 14.0. The van der Waals surface area contributed by atoms with Crippen molar-refractivity contribution >= 4 is 29.2 Å². The molecule has 3 aromatic rings. The van der Waals surface area contributed by atoms with Crippen molar-refractivity contribution in [2.45, 2.75) is 0 Å². The molecule has 0 aliphatic carbocycles. The molecule has 0 spiro atoms. The van der Waals surface area contributed by atoms with Gasteiger partial charge in [0.15, 0.2) is 11.5 Å². The molecule has 31 heavy (non-hydrogen) atoms. The second kappa shape index (κ2) is 9.79. The maximum absolute atomic E-state index is 14.0. The molecule has 0 aromatic heterocycles. The van der Waals surface area contributed by atoms with Gasteiger partial charge in [0, 0.05) is 0 Å². The van der Waals surface area contributed by atoms with Crippen LogP contribution in [0.3, 0.4) is 0 Å². The first-order valence-electron chi connectivity index (χ1n) is 9.07. The number of rotatable bonds is 6. The fraction of sp³-hybridized carbons (Fsp3) is 0.0833. The van der Waals surface area contributed by atoms with Crippen LogP contribution in [0, 0.1) is 17.1 Å². The summed E-state index contributed by atoms with van der Waals surface area (Å²) in [6.45, 7) is 0. The van der Waals surface area contributed by atoms with E-state index in [2.05, 4.69) is 6.07 Å². The monoisotopic (exact) mass is 437 g/mol. The standard InChI is InChI=1S/C24H17ClFNO4/c1-29-21-10-9-16(13-22(21)30-2)17(14-27)11-15-5-3-6-18(12-15)31-24(28)23-19(25)7-4-8-20(23)26/h3-13H,1-2H3/b17-11-. The molecule has 0 heterocycles. The summed E-state index contributed by atoms with van der Waals surface area (Å²) < 4.78 is 29.7. The molecule has 0 fully saturated rings. The molecule has 0 saturated carbocycles. The average molecular weight is 438 g/mol. The Bertz CT molecular complexity index is 1180. The molecule has 156 valence electrons. The summed E-state index contributed by atoms with van der Waals surface area (Å²) >= 11 is 5.92. The topological polar surface area (TPSA) is 68.5 Å². The second-order valence-electron chi connectivity index (χ2n) is 6.30. The Morgan fingerprint density at radius 2 is 1.77 bits per heavy atom. The van der Waals surface area contributed by atoms with Gasteiger partial charge in [0.2, 0.25) is 0 Å². The van der Waals surface area contributed by atoms with Crippen LogP contribution in [0.5, 0.6) is 17.2 Å². The molecule has 3 rings (SSSR count). The van der Waals surface area contributed by atoms with E-state index in [1.807, 2.05) is 0 Å². The highest BCUT2D eigenvalue weighted by atomic mass is 35.5. The van der Waals surface area contributed by atoms with Gasteiger partial charge in [-0.15, -0.1) is 0 Å². The van der Waals surface area contributed by atoms with Crippen LogP contribution in [-0.4, -0.2) is 20.2 Å². The van der Waals surface area contributed by atoms with Crippen molar-refractivity contribution in [1.29, 1.82) is 5.26 Å². The Morgan fingerprint density at radius 1 is 1.03 bits per heavy atom. The third-order valence-corrected chi connectivity index (χ3v) is 4.68. The number of carbonyl (C=O) groups is 1. The highest BCUT2D eigenvalue weighted by Gasteiger charge is 2.18. The minimum Gasteiger partial charge on any atom is -0.493 e. The van der Waals surface area contributed by atoms with Crippen LogP contribution in [0.15, 0.2) is 60.7 Å². The van der Waals surface area contributed by atoms with Crippen molar-refractivity contribution in [3.8, 4) is 23.3 Å². The summed E-state index contributed by atoms with van der Waals surface area (Å²) in [4.78, 5) is 12.4. The van der Waals surface area contributed by atoms with E-state index in [4.69, 9.17) is 25.8 Å². The van der Waals surface area contributed by atoms with Gasteiger partial charge in [-0.25, -0.2) is 9.18 Å². The van der Waals surface area contributed by atoms with E-state index in [-0.39, 0.29) is 16.3 Å². The summed E-state index contributed by atoms with van der Waals surface area (Å²) in [7, 11) is 3.04. The molecular weight excluding hydrogens is 421 g/mol. The minimum atomic E-state index is -0.912. The summed E-state index contributed by atoms with van der Waals surface area (Å²) in [5.41, 5.74) is 1.26. The zero-order valence-electron chi connectivity index (χ0n) is 16.7. The quantitative estimate of drug-likeness (QED) is 0.211. The fourth-order valence-electron chi connectivity index (χ4n) is 2.87. The van der Waals surface area contributed by atoms with E-state index < -0.39 is 11.8 Å². The number of halogens is 2. The van der Waals surface area contributed by atoms with Crippen LogP contribution < -0.4 is 14.2 Å². The predicted molar refractivity (Wildman–Crippen MR) is 116 cm³/mol. The van der Waals surface area contributed by atoms with Crippen molar-refractivity contribution in [1.82, 2.24) is 0 Å². The van der Waals surface area contributed by atoms with E-state index in [0.29, 0.717) is 28.2 Å². The molecular formula is C24H17ClFNO4. The molecule has 0 aliphatic heterocycles. The number of allylic oxidation sites excluding steroid dienone is 1. The largest absolute Gasteiger partial charge is 0.493 e. The lowest BCUT2D eigenvalue weighted by Gasteiger charge is -2.09. The summed E-state index contributed by atoms with van der Waals surface area (Å²) in [5.74, 6) is -0.462. The van der Waals surface area contributed by atoms with E-state index in [9.17, 15) is 14.4 Å². The maximum Gasteiger partial charge on any atom is 0.348 e. The van der Waals surface area contributed by atoms with Crippen molar-refractivity contribution in [2.24, 2.45) is 0 Å². The van der Waals surface area contributed by atoms with Crippen molar-refractivity contribution in [3.63, 3.8) is 0 Å². The lowest BCUT2D eigenvalue weighted by Crippen LogP contribution is -2.11. The third kappa shape index (κ3) is 5.03. The van der Waals surface area contributed by atoms with Gasteiger partial charge >= 0.3 is 5.97 Å². The number of hydrogen-bond donors (Lipinski definition) is 0. The molecule has 3 aromatic carbocycles. The Morgan fingerprint density at radius 3 is 2.45 bits per heavy atom. The predicted octanol–water partition coefficient (Wildman–Crippen LogP) is 5.78. The Kier molecular flexibility index (Phi) is 6.91. The van der Waals surface area contributed by atoms with Gasteiger partial charge in [-0.1, -0.05) is 29.8 Å². The van der Waals surface area contributed by atoms with Crippen LogP contribution in [0.25, 0.3) is 11.6 Å². The zero-order chi connectivity index (χ0) is 22.4. The Balaban J connectivity index is 1.89. The lowest BCUT2D eigenvalue weighted by atomic mass is 10.0.